The molecule has 108 valence electrons. The van der Waals surface area contributed by atoms with E-state index in [-0.39, 0.29) is 0 Å². The third kappa shape index (κ3) is 3.73. The summed E-state index contributed by atoms with van der Waals surface area (Å²) >= 11 is 0. The minimum atomic E-state index is -0.715. The van der Waals surface area contributed by atoms with Crippen molar-refractivity contribution in [1.29, 1.82) is 5.26 Å². The van der Waals surface area contributed by atoms with Crippen molar-refractivity contribution in [1.82, 2.24) is 0 Å². The second-order valence-electron chi connectivity index (χ2n) is 4.68. The third-order valence-corrected chi connectivity index (χ3v) is 3.27. The summed E-state index contributed by atoms with van der Waals surface area (Å²) in [5, 5.41) is 14.6. The minimum absolute atomic E-state index is 0.299. The number of carbonyl (C=O) groups is 1. The number of carbonyl (C=O) groups excluding carboxylic acids is 1. The Morgan fingerprint density at radius 1 is 1.29 bits per heavy atom. The van der Waals surface area contributed by atoms with Crippen molar-refractivity contribution in [2.24, 2.45) is 5.92 Å². The number of hydrogen-bond acceptors (Lipinski definition) is 4. The van der Waals surface area contributed by atoms with Crippen LogP contribution in [0.4, 0.5) is 5.69 Å². The molecular formula is C17H18N2O2. The first kappa shape index (κ1) is 14.9. The summed E-state index contributed by atoms with van der Waals surface area (Å²) in [6.07, 6.45) is 0.429. The molecule has 0 bridgehead atoms. The lowest BCUT2D eigenvalue weighted by molar-refractivity contribution is -0.146. The van der Waals surface area contributed by atoms with E-state index in [1.54, 1.807) is 6.92 Å². The summed E-state index contributed by atoms with van der Waals surface area (Å²) in [4.78, 5) is 11.6. The Morgan fingerprint density at radius 3 is 2.81 bits per heavy atom. The lowest BCUT2D eigenvalue weighted by Gasteiger charge is -2.12. The van der Waals surface area contributed by atoms with Crippen LogP contribution in [0.2, 0.25) is 0 Å². The molecule has 4 heteroatoms. The molecule has 4 nitrogen and oxygen atoms in total. The van der Waals surface area contributed by atoms with Gasteiger partial charge < -0.3 is 10.1 Å². The SMILES string of the molecule is CCOC(=O)C(C#N)CCNc1cccc2ccccc12. The van der Waals surface area contributed by atoms with Crippen molar-refractivity contribution in [3.8, 4) is 6.07 Å². The fraction of sp³-hybridized carbons (Fsp3) is 0.294. The summed E-state index contributed by atoms with van der Waals surface area (Å²) in [7, 11) is 0. The number of esters is 1. The van der Waals surface area contributed by atoms with Crippen molar-refractivity contribution in [3.05, 3.63) is 42.5 Å². The molecule has 0 aromatic heterocycles. The minimum Gasteiger partial charge on any atom is -0.465 e. The molecule has 0 heterocycles. The third-order valence-electron chi connectivity index (χ3n) is 3.27. The van der Waals surface area contributed by atoms with E-state index in [2.05, 4.69) is 17.4 Å². The van der Waals surface area contributed by atoms with E-state index >= 15 is 0 Å². The zero-order chi connectivity index (χ0) is 15.1. The first-order valence-corrected chi connectivity index (χ1v) is 7.04. The summed E-state index contributed by atoms with van der Waals surface area (Å²) in [5.74, 6) is -1.16. The molecule has 0 aliphatic rings. The molecule has 1 N–H and O–H groups in total. The van der Waals surface area contributed by atoms with Crippen LogP contribution in [-0.2, 0) is 9.53 Å². The van der Waals surface area contributed by atoms with Gasteiger partial charge in [-0.25, -0.2) is 0 Å². The van der Waals surface area contributed by atoms with Gasteiger partial charge in [0.1, 0.15) is 5.92 Å². The van der Waals surface area contributed by atoms with Gasteiger partial charge in [-0.15, -0.1) is 0 Å². The molecule has 2 aromatic rings. The van der Waals surface area contributed by atoms with Crippen LogP contribution in [0.25, 0.3) is 10.8 Å². The van der Waals surface area contributed by atoms with Crippen molar-refractivity contribution in [3.63, 3.8) is 0 Å². The normalized spacial score (nSPS) is 11.6. The summed E-state index contributed by atoms with van der Waals surface area (Å²) in [6.45, 7) is 2.58. The molecule has 1 atom stereocenters. The number of benzene rings is 2. The van der Waals surface area contributed by atoms with Crippen LogP contribution in [0.1, 0.15) is 13.3 Å². The highest BCUT2D eigenvalue weighted by Crippen LogP contribution is 2.23. The fourth-order valence-electron chi connectivity index (χ4n) is 2.21. The number of nitrogens with zero attached hydrogens (tertiary/aromatic N) is 1. The average molecular weight is 282 g/mol. The molecule has 0 aliphatic carbocycles. The number of hydrogen-bond donors (Lipinski definition) is 1. The Bertz CT molecular complexity index is 656. The Labute approximate surface area is 124 Å². The monoisotopic (exact) mass is 282 g/mol. The van der Waals surface area contributed by atoms with Crippen LogP contribution >= 0.6 is 0 Å². The maximum Gasteiger partial charge on any atom is 0.323 e. The smallest absolute Gasteiger partial charge is 0.323 e. The van der Waals surface area contributed by atoms with E-state index in [1.165, 1.54) is 0 Å². The molecule has 21 heavy (non-hydrogen) atoms. The Hall–Kier alpha value is -2.54. The Morgan fingerprint density at radius 2 is 2.05 bits per heavy atom. The molecule has 0 saturated heterocycles. The largest absolute Gasteiger partial charge is 0.465 e. The standard InChI is InChI=1S/C17H18N2O2/c1-2-21-17(20)14(12-18)10-11-19-16-9-5-7-13-6-3-4-8-15(13)16/h3-9,14,19H,2,10-11H2,1H3. The molecule has 2 rings (SSSR count). The van der Waals surface area contributed by atoms with Gasteiger partial charge in [-0.3, -0.25) is 4.79 Å². The molecule has 1 unspecified atom stereocenters. The highest BCUT2D eigenvalue weighted by molar-refractivity contribution is 5.93. The van der Waals surface area contributed by atoms with E-state index in [1.807, 2.05) is 36.4 Å². The predicted molar refractivity (Wildman–Crippen MR) is 82.8 cm³/mol. The second kappa shape index (κ2) is 7.30. The molecule has 0 amide bonds. The van der Waals surface area contributed by atoms with Gasteiger partial charge in [0, 0.05) is 17.6 Å². The van der Waals surface area contributed by atoms with Crippen molar-refractivity contribution in [2.75, 3.05) is 18.5 Å². The highest BCUT2D eigenvalue weighted by atomic mass is 16.5. The van der Waals surface area contributed by atoms with E-state index in [0.29, 0.717) is 19.6 Å². The van der Waals surface area contributed by atoms with Crippen LogP contribution in [0, 0.1) is 17.2 Å². The average Bonchev–Trinajstić information content (AvgIpc) is 2.52. The number of nitriles is 1. The maximum atomic E-state index is 11.6. The highest BCUT2D eigenvalue weighted by Gasteiger charge is 2.18. The number of fused-ring (bicyclic) bond motifs is 1. The first-order chi connectivity index (χ1) is 10.3. The first-order valence-electron chi connectivity index (χ1n) is 7.04. The summed E-state index contributed by atoms with van der Waals surface area (Å²) < 4.78 is 4.88. The van der Waals surface area contributed by atoms with Gasteiger partial charge in [-0.1, -0.05) is 36.4 Å². The molecule has 0 fully saturated rings. The lowest BCUT2D eigenvalue weighted by Crippen LogP contribution is -2.19. The van der Waals surface area contributed by atoms with Gasteiger partial charge in [0.25, 0.3) is 0 Å². The van der Waals surface area contributed by atoms with Gasteiger partial charge in [0.05, 0.1) is 12.7 Å². The Balaban J connectivity index is 1.99. The van der Waals surface area contributed by atoms with E-state index in [9.17, 15) is 4.79 Å². The van der Waals surface area contributed by atoms with Crippen LogP contribution in [0.3, 0.4) is 0 Å². The lowest BCUT2D eigenvalue weighted by atomic mass is 10.1. The number of ether oxygens (including phenoxy) is 1. The van der Waals surface area contributed by atoms with Gasteiger partial charge in [0.15, 0.2) is 0 Å². The topological polar surface area (TPSA) is 62.1 Å². The van der Waals surface area contributed by atoms with Crippen molar-refractivity contribution >= 4 is 22.4 Å². The van der Waals surface area contributed by atoms with Crippen LogP contribution < -0.4 is 5.32 Å². The van der Waals surface area contributed by atoms with Gasteiger partial charge in [-0.05, 0) is 24.8 Å². The summed E-state index contributed by atoms with van der Waals surface area (Å²) in [6, 6.07) is 16.1. The molecule has 0 radical (unpaired) electrons. The number of rotatable bonds is 6. The van der Waals surface area contributed by atoms with Gasteiger partial charge >= 0.3 is 5.97 Å². The molecule has 0 aliphatic heterocycles. The van der Waals surface area contributed by atoms with Gasteiger partial charge in [0.2, 0.25) is 0 Å². The van der Waals surface area contributed by atoms with E-state index < -0.39 is 11.9 Å². The van der Waals surface area contributed by atoms with Crippen LogP contribution in [0.15, 0.2) is 42.5 Å². The van der Waals surface area contributed by atoms with E-state index in [4.69, 9.17) is 10.00 Å². The van der Waals surface area contributed by atoms with Crippen LogP contribution in [-0.4, -0.2) is 19.1 Å². The van der Waals surface area contributed by atoms with Crippen LogP contribution in [0.5, 0.6) is 0 Å². The second-order valence-corrected chi connectivity index (χ2v) is 4.68. The molecule has 0 saturated carbocycles. The van der Waals surface area contributed by atoms with E-state index in [0.717, 1.165) is 16.5 Å². The van der Waals surface area contributed by atoms with Crippen molar-refractivity contribution in [2.45, 2.75) is 13.3 Å². The predicted octanol–water partition coefficient (Wildman–Crippen LogP) is 3.34. The number of nitrogens with one attached hydrogen (secondary N) is 1. The van der Waals surface area contributed by atoms with Crippen molar-refractivity contribution < 1.29 is 9.53 Å². The fourth-order valence-corrected chi connectivity index (χ4v) is 2.21. The quantitative estimate of drug-likeness (QED) is 0.825. The maximum absolute atomic E-state index is 11.6. The molecule has 0 spiro atoms. The number of anilines is 1. The molecular weight excluding hydrogens is 264 g/mol. The summed E-state index contributed by atoms with van der Waals surface area (Å²) in [5.41, 5.74) is 1.01. The Kier molecular flexibility index (Phi) is 5.16. The molecule has 2 aromatic carbocycles. The zero-order valence-corrected chi connectivity index (χ0v) is 12.0. The van der Waals surface area contributed by atoms with Gasteiger partial charge in [-0.2, -0.15) is 5.26 Å². The zero-order valence-electron chi connectivity index (χ0n) is 12.0.